The number of unbranched alkanes of at least 4 members (excludes halogenated alkanes) is 4. The van der Waals surface area contributed by atoms with E-state index < -0.39 is 44.2 Å². The summed E-state index contributed by atoms with van der Waals surface area (Å²) in [5, 5.41) is 30.3. The minimum atomic E-state index is -1.28. The van der Waals surface area contributed by atoms with E-state index in [-0.39, 0.29) is 114 Å². The zero-order chi connectivity index (χ0) is 97.5. The van der Waals surface area contributed by atoms with E-state index in [0.29, 0.717) is 77.6 Å². The third kappa shape index (κ3) is 50.4. The number of halogens is 5. The first-order chi connectivity index (χ1) is 61.2. The van der Waals surface area contributed by atoms with Crippen LogP contribution in [0.5, 0.6) is 0 Å². The molecule has 0 amide bonds. The second-order valence-electron chi connectivity index (χ2n) is 35.8. The van der Waals surface area contributed by atoms with E-state index in [1.54, 1.807) is 19.3 Å². The number of carbonyl (C=O) groups excluding carboxylic acids is 1. The van der Waals surface area contributed by atoms with Crippen molar-refractivity contribution < 1.29 is 85.9 Å². The summed E-state index contributed by atoms with van der Waals surface area (Å²) in [4.78, 5) is 56.8. The molecular formula is C94H150Br2F3K2N13O11PdSi4-6. The SMILES string of the molecule is Br[N]=[Pd].C=CCN(c1nc2c(-c3cnc4ccc(F)cc4c3)cnn2c(N(COCC[Si](C)(C)C)COCC[Si](C)(C)C)c1Br)C1CCCCC1.CC(=O)O.CC(=O)O.Cc1cn(C2CCCCC2)c2nc3c(-c4cnc5ccc(F)cc5c4)cnn3c(N(COCC[Si](C)(C)C)COCC[Si](C)(C)C)c12.[2H]OO[C-]=O.[CH2-]CCC.[CH2-]CCC.[CH2-]CCC.[CH2-]CCC.[CH2-]F.[K].[K]. The molecule has 2 fully saturated rings. The third-order valence-corrected chi connectivity index (χ3v) is 27.2. The van der Waals surface area contributed by atoms with Crippen molar-refractivity contribution in [3.05, 3.63) is 149 Å². The molecule has 0 unspecified atom stereocenters. The molecule has 0 saturated heterocycles. The fourth-order valence-corrected chi connectivity index (χ4v) is 16.3. The van der Waals surface area contributed by atoms with Crippen molar-refractivity contribution in [2.45, 2.75) is 279 Å². The van der Waals surface area contributed by atoms with E-state index in [9.17, 15) is 13.2 Å². The van der Waals surface area contributed by atoms with Crippen LogP contribution in [0.2, 0.25) is 103 Å². The van der Waals surface area contributed by atoms with Crippen LogP contribution in [0.1, 0.15) is 169 Å². The summed E-state index contributed by atoms with van der Waals surface area (Å²) >= 11 is 9.22. The van der Waals surface area contributed by atoms with Crippen LogP contribution in [0.25, 0.3) is 67.8 Å². The van der Waals surface area contributed by atoms with Gasteiger partial charge in [0.15, 0.2) is 17.1 Å². The van der Waals surface area contributed by atoms with Crippen molar-refractivity contribution in [1.29, 1.82) is 1.43 Å². The number of hydrogen-bond acceptors (Lipinski definition) is 19. The predicted molar refractivity (Wildman–Crippen MR) is 549 cm³/mol. The van der Waals surface area contributed by atoms with Gasteiger partial charge in [-0.25, -0.2) is 24.0 Å². The minimum absolute atomic E-state index is 0. The van der Waals surface area contributed by atoms with Crippen molar-refractivity contribution in [1.82, 2.24) is 43.7 Å². The molecule has 11 rings (SSSR count). The first-order valence-electron chi connectivity index (χ1n) is 44.7. The van der Waals surface area contributed by atoms with Crippen molar-refractivity contribution >= 4 is 247 Å². The van der Waals surface area contributed by atoms with Gasteiger partial charge in [0, 0.05) is 246 Å². The van der Waals surface area contributed by atoms with E-state index >= 15 is 0 Å². The Kier molecular flexibility index (Phi) is 69.4. The van der Waals surface area contributed by atoms with Crippen LogP contribution in [0.3, 0.4) is 0 Å². The first-order valence-corrected chi connectivity index (χ1v) is 61.3. The number of anilines is 3. The number of nitrogens with zero attached hydrogens (tertiary/aromatic N) is 13. The summed E-state index contributed by atoms with van der Waals surface area (Å²) in [6, 6.07) is 18.4. The molecular weight excluding hydrogens is 2000 g/mol. The predicted octanol–water partition coefficient (Wildman–Crippen LogP) is 26.1. The molecule has 0 bridgehead atoms. The number of aromatic nitrogens is 9. The molecule has 24 nitrogen and oxygen atoms in total. The molecule has 7 aromatic heterocycles. The number of benzene rings is 2. The van der Waals surface area contributed by atoms with Gasteiger partial charge in [0.05, 0.1) is 28.8 Å². The molecule has 7 heterocycles. The maximum Gasteiger partial charge on any atom is 0.300 e. The van der Waals surface area contributed by atoms with Crippen LogP contribution in [0.4, 0.5) is 30.6 Å². The van der Waals surface area contributed by atoms with Crippen LogP contribution in [-0.4, -0.2) is 279 Å². The summed E-state index contributed by atoms with van der Waals surface area (Å²) in [6.07, 6.45) is 32.7. The van der Waals surface area contributed by atoms with E-state index in [4.69, 9.17) is 65.1 Å². The van der Waals surface area contributed by atoms with Gasteiger partial charge in [-0.1, -0.05) is 177 Å². The van der Waals surface area contributed by atoms with Gasteiger partial charge in [-0.05, 0) is 133 Å². The fraction of sp³-hybridized carbons (Fsp3) is 0.553. The summed E-state index contributed by atoms with van der Waals surface area (Å²) < 4.78 is 79.1. The number of aryl methyl sites for hydroxylation is 1. The maximum atomic E-state index is 14.2. The van der Waals surface area contributed by atoms with Gasteiger partial charge < -0.3 is 90.2 Å². The van der Waals surface area contributed by atoms with Crippen LogP contribution in [-0.2, 0) is 57.2 Å². The number of aliphatic carboxylic acids is 2. The van der Waals surface area contributed by atoms with E-state index in [1.165, 1.54) is 94.0 Å². The monoisotopic (exact) mass is 2150 g/mol. The quantitative estimate of drug-likeness (QED) is 0.00633. The number of pyridine rings is 2. The van der Waals surface area contributed by atoms with E-state index in [2.05, 4.69) is 247 Å². The van der Waals surface area contributed by atoms with Gasteiger partial charge in [-0.3, -0.25) is 19.6 Å². The number of hydrogen-bond donors (Lipinski definition) is 3. The van der Waals surface area contributed by atoms with Crippen molar-refractivity contribution in [2.24, 2.45) is 2.60 Å². The Bertz CT molecular complexity index is 4590. The standard InChI is InChI=1S/C36H52BrFN6O2Si2.C36H51FN6O2Si2.4C4H9.2C2H4O2.CH2F.CHO3.BrN.2K.Pd/c1-8-16-43(30-12-10-9-11-13-30)35-33(37)36(42(25-45-17-19-47(2,3)4)26-46-18-20-48(5,6)7)44-34(41-35)31(24-40-44)28-21-27-22-29(38)14-15-32(27)39-23-28;1-26-23-42(30-11-9-8-10-12-30)35-33(26)36(41(24-44-15-17-46(2,3)4)25-45-16-18-47(5,6)7)43-34(40-35)31(22-39-43)28-19-27-20-29(37)13-14-32(27)38-21-28;4*1-3-4-2;2*1-2(3)4;1-2;2-1-4-3;1-2;;;/h8,14-15,21-24,30H,1,9-13,16-20,25-26H2,2-7H3;13-14,19-23,30H,8-12,15-18,24-25H2,1-7H3;4*1,3-4H2,2H3;2*1H3,(H,3,4);1H2;3H;;;;/q;;4*-1;;;2*-1;;;;/i/hD. The molecule has 2 radical (unpaired) electrons. The number of carboxylic acid groups (broad SMARTS) is 2. The van der Waals surface area contributed by atoms with Gasteiger partial charge in [0.25, 0.3) is 13.4 Å². The molecule has 130 heavy (non-hydrogen) atoms. The number of carbonyl (C=O) groups is 2. The molecule has 2 aliphatic rings. The summed E-state index contributed by atoms with van der Waals surface area (Å²) in [5.74, 6) is 0.369. The van der Waals surface area contributed by atoms with Gasteiger partial charge in [-0.2, -0.15) is 52.1 Å². The Morgan fingerprint density at radius 3 is 1.28 bits per heavy atom. The summed E-state index contributed by atoms with van der Waals surface area (Å²) in [7, 11) is -3.33. The molecule has 0 aliphatic heterocycles. The smallest absolute Gasteiger partial charge is 0.300 e. The van der Waals surface area contributed by atoms with Crippen LogP contribution in [0, 0.1) is 53.4 Å². The third-order valence-electron chi connectivity index (χ3n) is 19.6. The Hall–Kier alpha value is -3.26. The molecule has 726 valence electrons. The number of carboxylic acids is 2. The Balaban J connectivity index is 0. The zero-order valence-electron chi connectivity index (χ0n) is 83.0. The molecule has 3 N–H and O–H groups in total. The molecule has 2 saturated carbocycles. The van der Waals surface area contributed by atoms with E-state index in [0.717, 1.165) is 179 Å². The Morgan fingerprint density at radius 1 is 0.608 bits per heavy atom. The molecule has 0 spiro atoms. The van der Waals surface area contributed by atoms with Gasteiger partial charge in [0.1, 0.15) is 60.3 Å². The number of fused-ring (bicyclic) bond motifs is 5. The van der Waals surface area contributed by atoms with E-state index in [1.807, 2.05) is 52.0 Å². The van der Waals surface area contributed by atoms with Crippen molar-refractivity contribution in [2.75, 3.05) is 74.6 Å². The van der Waals surface area contributed by atoms with Gasteiger partial charge in [-0.15, -0.1) is 6.58 Å². The van der Waals surface area contributed by atoms with Crippen LogP contribution < -0.4 is 14.7 Å². The van der Waals surface area contributed by atoms with Crippen molar-refractivity contribution in [3.8, 4) is 22.3 Å². The topological polar surface area (TPSA) is 271 Å². The van der Waals surface area contributed by atoms with Gasteiger partial charge >= 0.3 is 37.8 Å². The zero-order valence-corrected chi connectivity index (χ0v) is 97.0. The molecule has 9 aromatic rings. The Labute approximate surface area is 894 Å². The maximum absolute atomic E-state index is 14.2. The summed E-state index contributed by atoms with van der Waals surface area (Å²) in [6.45, 7) is 65.6. The second-order valence-corrected chi connectivity index (χ2v) is 60.7. The van der Waals surface area contributed by atoms with Crippen LogP contribution in [0.15, 0.2) is 99.2 Å². The number of ether oxygens (including phenoxy) is 4. The van der Waals surface area contributed by atoms with Gasteiger partial charge in [0.2, 0.25) is 0 Å². The molecule has 2 aliphatic carbocycles. The number of rotatable bonds is 35. The first kappa shape index (κ1) is 127. The fourth-order valence-electron chi connectivity index (χ4n) is 12.6. The molecule has 2 aromatic carbocycles. The summed E-state index contributed by atoms with van der Waals surface area (Å²) in [5.41, 5.74) is 8.43. The second kappa shape index (κ2) is 71.2. The molecule has 0 atom stereocenters. The minimum Gasteiger partial charge on any atom is -0.509 e. The molecule has 36 heteroatoms. The van der Waals surface area contributed by atoms with Crippen molar-refractivity contribution in [3.63, 3.8) is 0 Å². The average Bonchev–Trinajstić information content (AvgIpc) is 1.59. The Morgan fingerprint density at radius 2 is 0.954 bits per heavy atom. The largest absolute Gasteiger partial charge is 0.509 e. The average molecular weight is 2150 g/mol. The normalized spacial score (nSPS) is 12.5. The van der Waals surface area contributed by atoms with Crippen LogP contribution >= 0.6 is 32.1 Å².